The van der Waals surface area contributed by atoms with Crippen LogP contribution in [0.3, 0.4) is 0 Å². The predicted molar refractivity (Wildman–Crippen MR) is 110 cm³/mol. The second-order valence-corrected chi connectivity index (χ2v) is 6.98. The molecule has 0 atom stereocenters. The van der Waals surface area contributed by atoms with Crippen molar-refractivity contribution in [3.8, 4) is 5.75 Å². The number of nitrogens with zero attached hydrogens (tertiary/aromatic N) is 1. The van der Waals surface area contributed by atoms with Gasteiger partial charge in [0.25, 0.3) is 5.91 Å². The van der Waals surface area contributed by atoms with Gasteiger partial charge in [0, 0.05) is 15.9 Å². The Bertz CT molecular complexity index is 865. The van der Waals surface area contributed by atoms with E-state index in [1.165, 1.54) is 0 Å². The number of halogens is 1. The number of carbonyl (C=O) groups excluding carboxylic acids is 2. The molecule has 27 heavy (non-hydrogen) atoms. The molecule has 0 heterocycles. The maximum absolute atomic E-state index is 12.1. The van der Waals surface area contributed by atoms with Crippen LogP contribution in [0.1, 0.15) is 24.5 Å². The summed E-state index contributed by atoms with van der Waals surface area (Å²) in [6, 6.07) is 13.0. The molecular formula is C20H22BrN3O3. The van der Waals surface area contributed by atoms with Crippen LogP contribution in [0, 0.1) is 13.8 Å². The van der Waals surface area contributed by atoms with Crippen molar-refractivity contribution in [1.29, 1.82) is 0 Å². The molecule has 2 rings (SSSR count). The lowest BCUT2D eigenvalue weighted by Crippen LogP contribution is -2.26. The van der Waals surface area contributed by atoms with E-state index in [4.69, 9.17) is 4.74 Å². The number of nitrogens with one attached hydrogen (secondary N) is 2. The molecule has 0 unspecified atom stereocenters. The molecule has 0 aliphatic carbocycles. The fraction of sp³-hybridized carbons (Fsp3) is 0.250. The zero-order valence-electron chi connectivity index (χ0n) is 15.5. The minimum absolute atomic E-state index is 0.0847. The number of anilines is 1. The minimum atomic E-state index is -0.394. The standard InChI is InChI=1S/C20H22BrN3O3/c1-13-6-4-5-7-18(13)22-19(25)11-15(3)23-24-20(26)12-27-16-8-9-17(21)14(2)10-16/h4-10H,11-12H2,1-3H3,(H,22,25)(H,24,26)/b23-15+. The first-order valence-corrected chi connectivity index (χ1v) is 9.21. The minimum Gasteiger partial charge on any atom is -0.484 e. The number of hydrogen-bond donors (Lipinski definition) is 2. The number of aryl methyl sites for hydroxylation is 2. The van der Waals surface area contributed by atoms with Gasteiger partial charge in [-0.25, -0.2) is 5.43 Å². The monoisotopic (exact) mass is 431 g/mol. The van der Waals surface area contributed by atoms with Crippen molar-refractivity contribution in [2.45, 2.75) is 27.2 Å². The summed E-state index contributed by atoms with van der Waals surface area (Å²) in [7, 11) is 0. The Labute approximate surface area is 167 Å². The van der Waals surface area contributed by atoms with Crippen LogP contribution in [0.25, 0.3) is 0 Å². The molecule has 2 aromatic carbocycles. The number of amides is 2. The zero-order valence-corrected chi connectivity index (χ0v) is 17.1. The maximum Gasteiger partial charge on any atom is 0.277 e. The number of hydrogen-bond acceptors (Lipinski definition) is 4. The molecule has 0 radical (unpaired) electrons. The van der Waals surface area contributed by atoms with E-state index in [1.54, 1.807) is 13.0 Å². The highest BCUT2D eigenvalue weighted by molar-refractivity contribution is 9.10. The van der Waals surface area contributed by atoms with Gasteiger partial charge in [0.2, 0.25) is 5.91 Å². The molecule has 2 aromatic rings. The fourth-order valence-corrected chi connectivity index (χ4v) is 2.47. The first-order valence-electron chi connectivity index (χ1n) is 8.41. The van der Waals surface area contributed by atoms with Gasteiger partial charge in [0.05, 0.1) is 6.42 Å². The third-order valence-electron chi connectivity index (χ3n) is 3.71. The Balaban J connectivity index is 1.78. The largest absolute Gasteiger partial charge is 0.484 e. The van der Waals surface area contributed by atoms with Crippen LogP contribution < -0.4 is 15.5 Å². The van der Waals surface area contributed by atoms with Crippen molar-refractivity contribution in [3.05, 3.63) is 58.1 Å². The van der Waals surface area contributed by atoms with E-state index < -0.39 is 5.91 Å². The molecule has 0 bridgehead atoms. The summed E-state index contributed by atoms with van der Waals surface area (Å²) in [6.07, 6.45) is 0.0847. The highest BCUT2D eigenvalue weighted by atomic mass is 79.9. The van der Waals surface area contributed by atoms with E-state index in [-0.39, 0.29) is 18.9 Å². The first kappa shape index (κ1) is 20.6. The highest BCUT2D eigenvalue weighted by Crippen LogP contribution is 2.21. The summed E-state index contributed by atoms with van der Waals surface area (Å²) in [4.78, 5) is 23.9. The van der Waals surface area contributed by atoms with Crippen molar-refractivity contribution in [2.75, 3.05) is 11.9 Å². The number of benzene rings is 2. The lowest BCUT2D eigenvalue weighted by molar-refractivity contribution is -0.123. The van der Waals surface area contributed by atoms with Crippen molar-refractivity contribution in [1.82, 2.24) is 5.43 Å². The van der Waals surface area contributed by atoms with Crippen LogP contribution in [0.5, 0.6) is 5.75 Å². The molecule has 0 saturated heterocycles. The third-order valence-corrected chi connectivity index (χ3v) is 4.60. The van der Waals surface area contributed by atoms with E-state index in [2.05, 4.69) is 31.8 Å². The van der Waals surface area contributed by atoms with Crippen molar-refractivity contribution in [2.24, 2.45) is 5.10 Å². The predicted octanol–water partition coefficient (Wildman–Crippen LogP) is 3.97. The van der Waals surface area contributed by atoms with Crippen LogP contribution in [-0.4, -0.2) is 24.1 Å². The summed E-state index contributed by atoms with van der Waals surface area (Å²) in [5, 5.41) is 6.77. The molecule has 2 N–H and O–H groups in total. The number of carbonyl (C=O) groups is 2. The van der Waals surface area contributed by atoms with Gasteiger partial charge in [-0.3, -0.25) is 9.59 Å². The summed E-state index contributed by atoms with van der Waals surface area (Å²) >= 11 is 3.41. The first-order chi connectivity index (χ1) is 12.8. The Kier molecular flexibility index (Phi) is 7.55. The molecule has 7 heteroatoms. The van der Waals surface area contributed by atoms with Gasteiger partial charge >= 0.3 is 0 Å². The third kappa shape index (κ3) is 6.86. The molecule has 142 valence electrons. The lowest BCUT2D eigenvalue weighted by atomic mass is 10.2. The van der Waals surface area contributed by atoms with Gasteiger partial charge in [0.15, 0.2) is 6.61 Å². The molecule has 0 aliphatic rings. The molecule has 6 nitrogen and oxygen atoms in total. The smallest absolute Gasteiger partial charge is 0.277 e. The number of para-hydroxylation sites is 1. The van der Waals surface area contributed by atoms with Crippen LogP contribution >= 0.6 is 15.9 Å². The summed E-state index contributed by atoms with van der Waals surface area (Å²) < 4.78 is 6.40. The number of hydrazone groups is 1. The van der Waals surface area contributed by atoms with Crippen LogP contribution in [0.15, 0.2) is 52.0 Å². The normalized spacial score (nSPS) is 11.0. The van der Waals surface area contributed by atoms with Crippen molar-refractivity contribution in [3.63, 3.8) is 0 Å². The summed E-state index contributed by atoms with van der Waals surface area (Å²) in [6.45, 7) is 5.38. The van der Waals surface area contributed by atoms with Gasteiger partial charge in [0.1, 0.15) is 5.75 Å². The lowest BCUT2D eigenvalue weighted by Gasteiger charge is -2.08. The van der Waals surface area contributed by atoms with Crippen LogP contribution in [-0.2, 0) is 9.59 Å². The van der Waals surface area contributed by atoms with E-state index in [9.17, 15) is 9.59 Å². The highest BCUT2D eigenvalue weighted by Gasteiger charge is 2.07. The van der Waals surface area contributed by atoms with E-state index in [1.807, 2.05) is 50.2 Å². The molecule has 0 spiro atoms. The number of rotatable bonds is 7. The van der Waals surface area contributed by atoms with Gasteiger partial charge in [-0.05, 0) is 56.2 Å². The van der Waals surface area contributed by atoms with Crippen LogP contribution in [0.2, 0.25) is 0 Å². The zero-order chi connectivity index (χ0) is 19.8. The Morgan fingerprint density at radius 2 is 1.81 bits per heavy atom. The molecule has 0 aromatic heterocycles. The quantitative estimate of drug-likeness (QED) is 0.514. The van der Waals surface area contributed by atoms with Gasteiger partial charge in [-0.2, -0.15) is 5.10 Å². The molecule has 2 amide bonds. The van der Waals surface area contributed by atoms with E-state index >= 15 is 0 Å². The van der Waals surface area contributed by atoms with E-state index in [0.29, 0.717) is 11.5 Å². The average molecular weight is 432 g/mol. The van der Waals surface area contributed by atoms with Crippen LogP contribution in [0.4, 0.5) is 5.69 Å². The van der Waals surface area contributed by atoms with Gasteiger partial charge in [-0.1, -0.05) is 34.1 Å². The Hall–Kier alpha value is -2.67. The number of ether oxygens (including phenoxy) is 1. The van der Waals surface area contributed by atoms with E-state index in [0.717, 1.165) is 21.3 Å². The van der Waals surface area contributed by atoms with Gasteiger partial charge in [-0.15, -0.1) is 0 Å². The van der Waals surface area contributed by atoms with Crippen molar-refractivity contribution < 1.29 is 14.3 Å². The topological polar surface area (TPSA) is 79.8 Å². The Morgan fingerprint density at radius 1 is 1.07 bits per heavy atom. The Morgan fingerprint density at radius 3 is 2.52 bits per heavy atom. The second kappa shape index (κ2) is 9.87. The maximum atomic E-state index is 12.1. The molecule has 0 fully saturated rings. The summed E-state index contributed by atoms with van der Waals surface area (Å²) in [5.74, 6) is 0.0137. The average Bonchev–Trinajstić information content (AvgIpc) is 2.63. The second-order valence-electron chi connectivity index (χ2n) is 6.12. The summed E-state index contributed by atoms with van der Waals surface area (Å²) in [5.41, 5.74) is 5.65. The van der Waals surface area contributed by atoms with Gasteiger partial charge < -0.3 is 10.1 Å². The fourth-order valence-electron chi connectivity index (χ4n) is 2.23. The SMILES string of the molecule is C/C(CC(=O)Nc1ccccc1C)=N\NC(=O)COc1ccc(Br)c(C)c1. The van der Waals surface area contributed by atoms with Crippen molar-refractivity contribution >= 4 is 39.1 Å². The molecule has 0 saturated carbocycles. The molecular weight excluding hydrogens is 410 g/mol. The molecule has 0 aliphatic heterocycles.